The second-order valence-corrected chi connectivity index (χ2v) is 10.1. The van der Waals surface area contributed by atoms with Crippen molar-refractivity contribution in [3.63, 3.8) is 0 Å². The summed E-state index contributed by atoms with van der Waals surface area (Å²) in [6, 6.07) is 23.6. The lowest BCUT2D eigenvalue weighted by molar-refractivity contribution is -0.127. The Morgan fingerprint density at radius 2 is 1.71 bits per heavy atom. The number of rotatable bonds is 7. The molecule has 0 unspecified atom stereocenters. The third-order valence-corrected chi connectivity index (χ3v) is 7.48. The van der Waals surface area contributed by atoms with Crippen molar-refractivity contribution >= 4 is 21.6 Å². The van der Waals surface area contributed by atoms with Crippen LogP contribution in [0.3, 0.4) is 0 Å². The topological polar surface area (TPSA) is 93.5 Å². The van der Waals surface area contributed by atoms with Crippen LogP contribution < -0.4 is 14.4 Å². The molecule has 1 aliphatic rings. The highest BCUT2D eigenvalue weighted by Gasteiger charge is 2.36. The standard InChI is InChI=1S/C26H24N4O4S/c31-26(28-16-20-10-12-22(13-11-20)29-15-14-27-19-29)25-17-30(23-8-4-5-9-24(23)34-25)35(32,33)18-21-6-2-1-3-7-21/h1-15,19,25H,16-18H2,(H,28,31)/t25-/m1/s1. The number of benzene rings is 3. The minimum atomic E-state index is -3.74. The van der Waals surface area contributed by atoms with Gasteiger partial charge < -0.3 is 14.6 Å². The van der Waals surface area contributed by atoms with E-state index in [2.05, 4.69) is 10.3 Å². The molecule has 0 spiro atoms. The van der Waals surface area contributed by atoms with Crippen LogP contribution in [-0.2, 0) is 27.1 Å². The van der Waals surface area contributed by atoms with Crippen LogP contribution in [0.15, 0.2) is 97.6 Å². The quantitative estimate of drug-likeness (QED) is 0.431. The Morgan fingerprint density at radius 3 is 2.46 bits per heavy atom. The van der Waals surface area contributed by atoms with E-state index in [1.54, 1.807) is 61.1 Å². The van der Waals surface area contributed by atoms with Crippen LogP contribution in [0.25, 0.3) is 5.69 Å². The van der Waals surface area contributed by atoms with Gasteiger partial charge in [0.05, 0.1) is 24.3 Å². The van der Waals surface area contributed by atoms with Gasteiger partial charge >= 0.3 is 0 Å². The molecular formula is C26H24N4O4S. The van der Waals surface area contributed by atoms with Gasteiger partial charge in [0, 0.05) is 24.6 Å². The van der Waals surface area contributed by atoms with Crippen LogP contribution in [0.1, 0.15) is 11.1 Å². The van der Waals surface area contributed by atoms with Crippen LogP contribution in [0.2, 0.25) is 0 Å². The van der Waals surface area contributed by atoms with Crippen LogP contribution >= 0.6 is 0 Å². The molecule has 1 atom stereocenters. The van der Waals surface area contributed by atoms with Crippen molar-refractivity contribution in [1.82, 2.24) is 14.9 Å². The summed E-state index contributed by atoms with van der Waals surface area (Å²) in [6.45, 7) is 0.193. The first kappa shape index (κ1) is 22.7. The van der Waals surface area contributed by atoms with Crippen LogP contribution in [-0.4, -0.2) is 36.5 Å². The molecule has 3 aromatic carbocycles. The molecule has 9 heteroatoms. The van der Waals surface area contributed by atoms with E-state index in [0.29, 0.717) is 23.5 Å². The summed E-state index contributed by atoms with van der Waals surface area (Å²) in [5.74, 6) is -0.182. The van der Waals surface area contributed by atoms with Crippen molar-refractivity contribution in [2.24, 2.45) is 0 Å². The summed E-state index contributed by atoms with van der Waals surface area (Å²) in [5, 5.41) is 2.87. The molecule has 35 heavy (non-hydrogen) atoms. The molecule has 4 aromatic rings. The summed E-state index contributed by atoms with van der Waals surface area (Å²) < 4.78 is 35.7. The fourth-order valence-corrected chi connectivity index (χ4v) is 5.55. The molecule has 8 nitrogen and oxygen atoms in total. The molecule has 0 bridgehead atoms. The second kappa shape index (κ2) is 9.63. The highest BCUT2D eigenvalue weighted by molar-refractivity contribution is 7.92. The van der Waals surface area contributed by atoms with E-state index >= 15 is 0 Å². The van der Waals surface area contributed by atoms with Gasteiger partial charge in [0.15, 0.2) is 6.10 Å². The van der Waals surface area contributed by atoms with Crippen molar-refractivity contribution in [2.45, 2.75) is 18.4 Å². The van der Waals surface area contributed by atoms with Crippen molar-refractivity contribution in [2.75, 3.05) is 10.8 Å². The molecule has 0 aliphatic carbocycles. The third-order valence-electron chi connectivity index (χ3n) is 5.76. The Bertz CT molecular complexity index is 1410. The molecule has 0 fully saturated rings. The summed E-state index contributed by atoms with van der Waals surface area (Å²) >= 11 is 0. The molecule has 2 heterocycles. The smallest absolute Gasteiger partial charge is 0.263 e. The van der Waals surface area contributed by atoms with Gasteiger partial charge in [-0.2, -0.15) is 0 Å². The molecule has 0 saturated carbocycles. The van der Waals surface area contributed by atoms with Gasteiger partial charge in [-0.05, 0) is 35.4 Å². The highest BCUT2D eigenvalue weighted by Crippen LogP contribution is 2.35. The predicted molar refractivity (Wildman–Crippen MR) is 133 cm³/mol. The fraction of sp³-hybridized carbons (Fsp3) is 0.154. The number of hydrogen-bond acceptors (Lipinski definition) is 5. The van der Waals surface area contributed by atoms with Crippen molar-refractivity contribution in [3.8, 4) is 11.4 Å². The largest absolute Gasteiger partial charge is 0.476 e. The molecular weight excluding hydrogens is 464 g/mol. The second-order valence-electron chi connectivity index (χ2n) is 8.20. The van der Waals surface area contributed by atoms with Gasteiger partial charge in [0.1, 0.15) is 5.75 Å². The molecule has 178 valence electrons. The Labute approximate surface area is 203 Å². The van der Waals surface area contributed by atoms with Gasteiger partial charge in [-0.15, -0.1) is 0 Å². The first-order valence-electron chi connectivity index (χ1n) is 11.1. The SMILES string of the molecule is O=C(NCc1ccc(-n2ccnc2)cc1)[C@H]1CN(S(=O)(=O)Cc2ccccc2)c2ccccc2O1. The van der Waals surface area contributed by atoms with Gasteiger partial charge in [0.2, 0.25) is 10.0 Å². The maximum absolute atomic E-state index is 13.3. The van der Waals surface area contributed by atoms with Gasteiger partial charge in [0.25, 0.3) is 5.91 Å². The monoisotopic (exact) mass is 488 g/mol. The summed E-state index contributed by atoms with van der Waals surface area (Å²) in [4.78, 5) is 17.0. The number of nitrogens with zero attached hydrogens (tertiary/aromatic N) is 3. The van der Waals surface area contributed by atoms with Crippen molar-refractivity contribution < 1.29 is 17.9 Å². The number of nitrogens with one attached hydrogen (secondary N) is 1. The number of carbonyl (C=O) groups is 1. The Kier molecular flexibility index (Phi) is 6.24. The van der Waals surface area contributed by atoms with E-state index < -0.39 is 16.1 Å². The van der Waals surface area contributed by atoms with Crippen LogP contribution in [0, 0.1) is 0 Å². The summed E-state index contributed by atoms with van der Waals surface area (Å²) in [6.07, 6.45) is 4.31. The number of aromatic nitrogens is 2. The minimum Gasteiger partial charge on any atom is -0.476 e. The van der Waals surface area contributed by atoms with Crippen LogP contribution in [0.4, 0.5) is 5.69 Å². The minimum absolute atomic E-state index is 0.0996. The average molecular weight is 489 g/mol. The fourth-order valence-electron chi connectivity index (χ4n) is 3.97. The maximum Gasteiger partial charge on any atom is 0.263 e. The highest BCUT2D eigenvalue weighted by atomic mass is 32.2. The number of anilines is 1. The van der Waals surface area contributed by atoms with Gasteiger partial charge in [-0.25, -0.2) is 13.4 Å². The number of hydrogen-bond donors (Lipinski definition) is 1. The maximum atomic E-state index is 13.3. The van der Waals surface area contributed by atoms with Crippen molar-refractivity contribution in [3.05, 3.63) is 109 Å². The summed E-state index contributed by atoms with van der Waals surface area (Å²) in [5.41, 5.74) is 2.98. The number of ether oxygens (including phenoxy) is 1. The lowest BCUT2D eigenvalue weighted by Crippen LogP contribution is -2.50. The molecule has 1 aliphatic heterocycles. The summed E-state index contributed by atoms with van der Waals surface area (Å²) in [7, 11) is -3.74. The van der Waals surface area contributed by atoms with E-state index in [1.165, 1.54) is 4.31 Å². The zero-order valence-corrected chi connectivity index (χ0v) is 19.6. The predicted octanol–water partition coefficient (Wildman–Crippen LogP) is 3.29. The zero-order chi connectivity index (χ0) is 24.3. The normalized spacial score (nSPS) is 15.2. The third kappa shape index (κ3) is 5.04. The number of imidazole rings is 1. The number of sulfonamides is 1. The molecule has 1 amide bonds. The van der Waals surface area contributed by atoms with E-state index in [4.69, 9.17) is 4.74 Å². The molecule has 1 aromatic heterocycles. The lowest BCUT2D eigenvalue weighted by atomic mass is 10.2. The van der Waals surface area contributed by atoms with E-state index in [-0.39, 0.29) is 18.2 Å². The van der Waals surface area contributed by atoms with E-state index in [0.717, 1.165) is 11.3 Å². The molecule has 1 N–H and O–H groups in total. The van der Waals surface area contributed by atoms with Gasteiger partial charge in [-0.3, -0.25) is 9.10 Å². The van der Waals surface area contributed by atoms with Crippen LogP contribution in [0.5, 0.6) is 5.75 Å². The first-order valence-corrected chi connectivity index (χ1v) is 12.8. The van der Waals surface area contributed by atoms with Crippen molar-refractivity contribution in [1.29, 1.82) is 0 Å². The van der Waals surface area contributed by atoms with E-state index in [1.807, 2.05) is 41.1 Å². The number of amides is 1. The lowest BCUT2D eigenvalue weighted by Gasteiger charge is -2.34. The Hall–Kier alpha value is -4.11. The number of fused-ring (bicyclic) bond motifs is 1. The number of carbonyl (C=O) groups excluding carboxylic acids is 1. The van der Waals surface area contributed by atoms with Gasteiger partial charge in [-0.1, -0.05) is 54.6 Å². The first-order chi connectivity index (χ1) is 17.0. The molecule has 5 rings (SSSR count). The Balaban J connectivity index is 1.30. The zero-order valence-electron chi connectivity index (χ0n) is 18.8. The Morgan fingerprint density at radius 1 is 0.971 bits per heavy atom. The molecule has 0 radical (unpaired) electrons. The number of para-hydroxylation sites is 2. The van der Waals surface area contributed by atoms with E-state index in [9.17, 15) is 13.2 Å². The average Bonchev–Trinajstić information content (AvgIpc) is 3.42. The molecule has 0 saturated heterocycles.